The summed E-state index contributed by atoms with van der Waals surface area (Å²) in [6.45, 7) is 0. The minimum atomic E-state index is -0.880. The molecule has 1 amide bonds. The van der Waals surface area contributed by atoms with Crippen molar-refractivity contribution in [3.63, 3.8) is 0 Å². The summed E-state index contributed by atoms with van der Waals surface area (Å²) >= 11 is 0. The monoisotopic (exact) mass is 340 g/mol. The maximum atomic E-state index is 13.6. The van der Waals surface area contributed by atoms with E-state index in [1.807, 2.05) is 0 Å². The van der Waals surface area contributed by atoms with Gasteiger partial charge in [-0.25, -0.2) is 9.18 Å². The van der Waals surface area contributed by atoms with E-state index in [1.165, 1.54) is 49.6 Å². The Kier molecular flexibility index (Phi) is 5.48. The number of nitriles is 1. The fraction of sp³-hybridized carbons (Fsp3) is 0.0556. The van der Waals surface area contributed by atoms with Crippen LogP contribution in [0.4, 0.5) is 4.39 Å². The van der Waals surface area contributed by atoms with Gasteiger partial charge in [0.15, 0.2) is 11.5 Å². The molecule has 2 aromatic carbocycles. The third kappa shape index (κ3) is 4.20. The number of ether oxygens (including phenoxy) is 2. The van der Waals surface area contributed by atoms with E-state index in [0.29, 0.717) is 5.56 Å². The second kappa shape index (κ2) is 7.75. The molecule has 0 unspecified atom stereocenters. The van der Waals surface area contributed by atoms with E-state index in [0.717, 1.165) is 6.07 Å². The summed E-state index contributed by atoms with van der Waals surface area (Å²) in [5.41, 5.74) is 5.06. The number of amides is 1. The van der Waals surface area contributed by atoms with Crippen LogP contribution in [0.3, 0.4) is 0 Å². The zero-order valence-corrected chi connectivity index (χ0v) is 13.2. The Balaban J connectivity index is 2.31. The largest absolute Gasteiger partial charge is 0.493 e. The number of carbonyl (C=O) groups excluding carboxylic acids is 2. The van der Waals surface area contributed by atoms with Crippen LogP contribution < -0.4 is 15.2 Å². The van der Waals surface area contributed by atoms with E-state index < -0.39 is 17.7 Å². The Morgan fingerprint density at radius 2 is 1.92 bits per heavy atom. The second-order valence-electron chi connectivity index (χ2n) is 4.81. The normalized spacial score (nSPS) is 10.7. The first-order valence-electron chi connectivity index (χ1n) is 7.02. The predicted octanol–water partition coefficient (Wildman–Crippen LogP) is 2.45. The van der Waals surface area contributed by atoms with Crippen molar-refractivity contribution in [2.24, 2.45) is 5.73 Å². The second-order valence-corrected chi connectivity index (χ2v) is 4.81. The van der Waals surface area contributed by atoms with Crippen molar-refractivity contribution in [2.75, 3.05) is 7.11 Å². The molecule has 0 atom stereocenters. The van der Waals surface area contributed by atoms with Crippen LogP contribution in [0.25, 0.3) is 6.08 Å². The maximum Gasteiger partial charge on any atom is 0.346 e. The van der Waals surface area contributed by atoms with E-state index in [9.17, 15) is 14.0 Å². The van der Waals surface area contributed by atoms with E-state index in [4.69, 9.17) is 20.5 Å². The highest BCUT2D eigenvalue weighted by molar-refractivity contribution is 6.00. The molecule has 0 spiro atoms. The van der Waals surface area contributed by atoms with Crippen molar-refractivity contribution in [2.45, 2.75) is 0 Å². The van der Waals surface area contributed by atoms with Gasteiger partial charge in [0.1, 0.15) is 17.5 Å². The average Bonchev–Trinajstić information content (AvgIpc) is 2.60. The molecule has 0 saturated carbocycles. The molecule has 7 heteroatoms. The molecular weight excluding hydrogens is 327 g/mol. The lowest BCUT2D eigenvalue weighted by atomic mass is 10.1. The number of esters is 1. The summed E-state index contributed by atoms with van der Waals surface area (Å²) < 4.78 is 23.9. The molecule has 6 nitrogen and oxygen atoms in total. The minimum absolute atomic E-state index is 0.0606. The smallest absolute Gasteiger partial charge is 0.346 e. The van der Waals surface area contributed by atoms with E-state index >= 15 is 0 Å². The lowest BCUT2D eigenvalue weighted by Crippen LogP contribution is -2.12. The standard InChI is InChI=1S/C18H13FN2O4/c1-24-16-9-11(8-12(10-20)17(21)22)6-7-15(16)25-18(23)13-4-2-3-5-14(13)19/h2-9H,1H3,(H2,21,22)/b12-8+. The summed E-state index contributed by atoms with van der Waals surface area (Å²) in [4.78, 5) is 23.2. The van der Waals surface area contributed by atoms with Crippen molar-refractivity contribution >= 4 is 18.0 Å². The first kappa shape index (κ1) is 17.7. The van der Waals surface area contributed by atoms with Gasteiger partial charge in [-0.3, -0.25) is 4.79 Å². The van der Waals surface area contributed by atoms with Crippen LogP contribution in [-0.4, -0.2) is 19.0 Å². The van der Waals surface area contributed by atoms with Gasteiger partial charge in [0, 0.05) is 0 Å². The summed E-state index contributed by atoms with van der Waals surface area (Å²) in [5.74, 6) is -2.22. The zero-order chi connectivity index (χ0) is 18.4. The predicted molar refractivity (Wildman–Crippen MR) is 87.1 cm³/mol. The number of rotatable bonds is 5. The highest BCUT2D eigenvalue weighted by Crippen LogP contribution is 2.30. The molecule has 2 N–H and O–H groups in total. The van der Waals surface area contributed by atoms with Gasteiger partial charge in [0.25, 0.3) is 5.91 Å². The van der Waals surface area contributed by atoms with E-state index in [-0.39, 0.29) is 22.6 Å². The van der Waals surface area contributed by atoms with Gasteiger partial charge >= 0.3 is 5.97 Å². The Morgan fingerprint density at radius 3 is 2.52 bits per heavy atom. The molecule has 126 valence electrons. The van der Waals surface area contributed by atoms with Crippen molar-refractivity contribution in [3.05, 3.63) is 65.0 Å². The molecule has 0 aliphatic carbocycles. The number of carbonyl (C=O) groups is 2. The number of nitrogens with two attached hydrogens (primary N) is 1. The van der Waals surface area contributed by atoms with Crippen molar-refractivity contribution in [1.82, 2.24) is 0 Å². The first-order valence-corrected chi connectivity index (χ1v) is 7.02. The van der Waals surface area contributed by atoms with E-state index in [1.54, 1.807) is 6.07 Å². The van der Waals surface area contributed by atoms with Gasteiger partial charge in [-0.15, -0.1) is 0 Å². The van der Waals surface area contributed by atoms with Crippen molar-refractivity contribution < 1.29 is 23.5 Å². The number of halogens is 1. The van der Waals surface area contributed by atoms with Crippen molar-refractivity contribution in [3.8, 4) is 17.6 Å². The molecule has 0 bridgehead atoms. The van der Waals surface area contributed by atoms with Crippen LogP contribution in [0.1, 0.15) is 15.9 Å². The number of nitrogens with zero attached hydrogens (tertiary/aromatic N) is 1. The molecular formula is C18H13FN2O4. The molecule has 25 heavy (non-hydrogen) atoms. The Bertz CT molecular complexity index is 900. The van der Waals surface area contributed by atoms with Gasteiger partial charge < -0.3 is 15.2 Å². The lowest BCUT2D eigenvalue weighted by Gasteiger charge is -2.10. The summed E-state index contributed by atoms with van der Waals surface area (Å²) in [5, 5.41) is 8.85. The number of methoxy groups -OCH3 is 1. The minimum Gasteiger partial charge on any atom is -0.493 e. The Morgan fingerprint density at radius 1 is 1.20 bits per heavy atom. The van der Waals surface area contributed by atoms with Gasteiger partial charge in [-0.05, 0) is 35.9 Å². The SMILES string of the molecule is COc1cc(/C=C(\C#N)C(N)=O)ccc1OC(=O)c1ccccc1F. The third-order valence-electron chi connectivity index (χ3n) is 3.18. The van der Waals surface area contributed by atoms with Gasteiger partial charge in [-0.2, -0.15) is 5.26 Å². The molecule has 0 aliphatic rings. The first-order chi connectivity index (χ1) is 12.0. The lowest BCUT2D eigenvalue weighted by molar-refractivity contribution is -0.114. The number of hydrogen-bond acceptors (Lipinski definition) is 5. The van der Waals surface area contributed by atoms with Crippen LogP contribution in [0.15, 0.2) is 48.0 Å². The Hall–Kier alpha value is -3.66. The molecule has 0 aliphatic heterocycles. The van der Waals surface area contributed by atoms with Crippen LogP contribution in [-0.2, 0) is 4.79 Å². The van der Waals surface area contributed by atoms with Crippen molar-refractivity contribution in [1.29, 1.82) is 5.26 Å². The molecule has 2 aromatic rings. The molecule has 0 saturated heterocycles. The third-order valence-corrected chi connectivity index (χ3v) is 3.18. The van der Waals surface area contributed by atoms with E-state index in [2.05, 4.69) is 0 Å². The van der Waals surface area contributed by atoms with Crippen LogP contribution in [0.2, 0.25) is 0 Å². The van der Waals surface area contributed by atoms with Gasteiger partial charge in [-0.1, -0.05) is 18.2 Å². The summed E-state index contributed by atoms with van der Waals surface area (Å²) in [7, 11) is 1.35. The van der Waals surface area contributed by atoms with Crippen LogP contribution in [0.5, 0.6) is 11.5 Å². The van der Waals surface area contributed by atoms with Gasteiger partial charge in [0.05, 0.1) is 12.7 Å². The Labute approximate surface area is 142 Å². The quantitative estimate of drug-likeness (QED) is 0.390. The number of benzene rings is 2. The maximum absolute atomic E-state index is 13.6. The molecule has 0 fully saturated rings. The summed E-state index contributed by atoms with van der Waals surface area (Å²) in [6, 6.07) is 11.4. The number of primary amides is 1. The molecule has 2 rings (SSSR count). The molecule has 0 heterocycles. The molecule has 0 aromatic heterocycles. The fourth-order valence-corrected chi connectivity index (χ4v) is 1.97. The number of hydrogen-bond donors (Lipinski definition) is 1. The van der Waals surface area contributed by atoms with Gasteiger partial charge in [0.2, 0.25) is 0 Å². The zero-order valence-electron chi connectivity index (χ0n) is 13.2. The van der Waals surface area contributed by atoms with Crippen LogP contribution in [0, 0.1) is 17.1 Å². The molecule has 0 radical (unpaired) electrons. The highest BCUT2D eigenvalue weighted by Gasteiger charge is 2.16. The average molecular weight is 340 g/mol. The summed E-state index contributed by atoms with van der Waals surface area (Å²) in [6.07, 6.45) is 1.27. The fourth-order valence-electron chi connectivity index (χ4n) is 1.97. The highest BCUT2D eigenvalue weighted by atomic mass is 19.1. The topological polar surface area (TPSA) is 102 Å². The van der Waals surface area contributed by atoms with Crippen LogP contribution >= 0.6 is 0 Å².